The van der Waals surface area contributed by atoms with E-state index in [1.54, 1.807) is 0 Å². The number of nitrogens with zero attached hydrogens (tertiary/aromatic N) is 4. The van der Waals surface area contributed by atoms with Crippen LogP contribution in [0.5, 0.6) is 0 Å². The number of hydrogen-bond acceptors (Lipinski definition) is 9. The molecular formula is C11H17N5O7S. The smallest absolute Gasteiger partial charge is 0.418 e. The zero-order chi connectivity index (χ0) is 17.5. The minimum atomic E-state index is -4.79. The maximum atomic E-state index is 12.3. The number of hydroxylamine groups is 2. The van der Waals surface area contributed by atoms with E-state index in [4.69, 9.17) is 14.7 Å². The van der Waals surface area contributed by atoms with Gasteiger partial charge in [0.2, 0.25) is 11.8 Å². The van der Waals surface area contributed by atoms with Crippen molar-refractivity contribution in [1.29, 1.82) is 0 Å². The predicted octanol–water partition coefficient (Wildman–Crippen LogP) is -1.39. The highest BCUT2D eigenvalue weighted by atomic mass is 32.3. The lowest BCUT2D eigenvalue weighted by atomic mass is 10.0. The molecular weight excluding hydrogens is 346 g/mol. The predicted molar refractivity (Wildman–Crippen MR) is 75.4 cm³/mol. The number of amides is 2. The lowest BCUT2D eigenvalue weighted by molar-refractivity contribution is -0.0317. The lowest BCUT2D eigenvalue weighted by Gasteiger charge is -2.27. The van der Waals surface area contributed by atoms with Crippen LogP contribution in [0, 0.1) is 0 Å². The van der Waals surface area contributed by atoms with Crippen LogP contribution < -0.4 is 5.73 Å². The Kier molecular flexibility index (Phi) is 4.44. The van der Waals surface area contributed by atoms with Gasteiger partial charge in [0, 0.05) is 13.1 Å². The van der Waals surface area contributed by atoms with Crippen molar-refractivity contribution in [2.75, 3.05) is 13.1 Å². The number of rotatable bonds is 6. The van der Waals surface area contributed by atoms with Gasteiger partial charge in [-0.1, -0.05) is 0 Å². The second-order valence-electron chi connectivity index (χ2n) is 5.64. The van der Waals surface area contributed by atoms with E-state index < -0.39 is 34.6 Å². The summed E-state index contributed by atoms with van der Waals surface area (Å²) in [6.45, 7) is 0.261. The van der Waals surface area contributed by atoms with Crippen molar-refractivity contribution in [3.8, 4) is 0 Å². The van der Waals surface area contributed by atoms with Crippen LogP contribution in [-0.4, -0.2) is 69.5 Å². The summed E-state index contributed by atoms with van der Waals surface area (Å²) in [4.78, 5) is 13.6. The maximum Gasteiger partial charge on any atom is 0.418 e. The Morgan fingerprint density at radius 3 is 2.83 bits per heavy atom. The summed E-state index contributed by atoms with van der Waals surface area (Å²) in [5, 5.41) is 17.8. The van der Waals surface area contributed by atoms with E-state index in [-0.39, 0.29) is 31.3 Å². The summed E-state index contributed by atoms with van der Waals surface area (Å²) >= 11 is 0. The molecule has 1 aromatic heterocycles. The highest BCUT2D eigenvalue weighted by molar-refractivity contribution is 7.80. The Balaban J connectivity index is 1.74. The normalized spacial score (nSPS) is 25.4. The van der Waals surface area contributed by atoms with Crippen LogP contribution >= 0.6 is 0 Å². The van der Waals surface area contributed by atoms with Crippen LogP contribution in [0.15, 0.2) is 4.42 Å². The van der Waals surface area contributed by atoms with Crippen LogP contribution in [-0.2, 0) is 21.1 Å². The van der Waals surface area contributed by atoms with E-state index in [2.05, 4.69) is 14.5 Å². The van der Waals surface area contributed by atoms with E-state index >= 15 is 0 Å². The minimum absolute atomic E-state index is 0.0510. The van der Waals surface area contributed by atoms with Crippen molar-refractivity contribution in [2.45, 2.75) is 37.5 Å². The number of hydrogen-bond donors (Lipinski definition) is 3. The third-order valence-electron chi connectivity index (χ3n) is 3.95. The SMILES string of the molecule is NCC(O)Cc1nnc(C2CCC3CN2C(=O)N3OS(=O)(=O)O)o1. The van der Waals surface area contributed by atoms with Crippen molar-refractivity contribution in [3.63, 3.8) is 0 Å². The zero-order valence-corrected chi connectivity index (χ0v) is 13.3. The second-order valence-corrected chi connectivity index (χ2v) is 6.64. The number of urea groups is 1. The summed E-state index contributed by atoms with van der Waals surface area (Å²) < 4.78 is 40.3. The van der Waals surface area contributed by atoms with Gasteiger partial charge in [-0.05, 0) is 12.8 Å². The fourth-order valence-corrected chi connectivity index (χ4v) is 3.25. The molecule has 2 aliphatic heterocycles. The first-order valence-corrected chi connectivity index (χ1v) is 8.62. The first-order valence-electron chi connectivity index (χ1n) is 7.25. The fourth-order valence-electron chi connectivity index (χ4n) is 2.86. The van der Waals surface area contributed by atoms with E-state index in [1.165, 1.54) is 4.90 Å². The standard InChI is InChI=1S/C11H17N5O7S/c12-4-7(17)3-9-13-14-10(22-9)8-2-1-6-5-15(8)11(18)16(6)23-24(19,20)21/h6-8,17H,1-5,12H2,(H,19,20,21). The quantitative estimate of drug-likeness (QED) is 0.510. The van der Waals surface area contributed by atoms with Crippen molar-refractivity contribution < 1.29 is 31.6 Å². The van der Waals surface area contributed by atoms with Crippen LogP contribution in [0.4, 0.5) is 4.79 Å². The molecule has 0 spiro atoms. The van der Waals surface area contributed by atoms with Gasteiger partial charge in [-0.2, -0.15) is 13.5 Å². The van der Waals surface area contributed by atoms with Gasteiger partial charge in [-0.3, -0.25) is 4.55 Å². The van der Waals surface area contributed by atoms with Crippen molar-refractivity contribution >= 4 is 16.4 Å². The highest BCUT2D eigenvalue weighted by Gasteiger charge is 2.49. The van der Waals surface area contributed by atoms with E-state index in [1.807, 2.05) is 0 Å². The molecule has 13 heteroatoms. The summed E-state index contributed by atoms with van der Waals surface area (Å²) in [6.07, 6.45) is 0.195. The minimum Gasteiger partial charge on any atom is -0.423 e. The van der Waals surface area contributed by atoms with Crippen LogP contribution in [0.3, 0.4) is 0 Å². The van der Waals surface area contributed by atoms with Crippen molar-refractivity contribution in [3.05, 3.63) is 11.8 Å². The molecule has 2 amide bonds. The summed E-state index contributed by atoms with van der Waals surface area (Å²) in [7, 11) is -4.79. The Bertz CT molecular complexity index is 722. The topological polar surface area (TPSA) is 172 Å². The van der Waals surface area contributed by atoms with E-state index in [0.717, 1.165) is 0 Å². The van der Waals surface area contributed by atoms with E-state index in [0.29, 0.717) is 17.9 Å². The molecule has 3 rings (SSSR count). The average molecular weight is 363 g/mol. The van der Waals surface area contributed by atoms with Gasteiger partial charge < -0.3 is 20.2 Å². The zero-order valence-electron chi connectivity index (χ0n) is 12.5. The largest absolute Gasteiger partial charge is 0.423 e. The highest BCUT2D eigenvalue weighted by Crippen LogP contribution is 2.38. The summed E-state index contributed by atoms with van der Waals surface area (Å²) in [5.74, 6) is 0.387. The second kappa shape index (κ2) is 6.25. The number of piperidine rings is 1. The molecule has 0 radical (unpaired) electrons. The first-order chi connectivity index (χ1) is 11.3. The first kappa shape index (κ1) is 17.0. The molecule has 3 unspecified atom stereocenters. The third-order valence-corrected chi connectivity index (χ3v) is 4.30. The Morgan fingerprint density at radius 1 is 1.42 bits per heavy atom. The molecule has 3 atom stereocenters. The molecule has 1 aromatic rings. The molecule has 24 heavy (non-hydrogen) atoms. The number of carbonyl (C=O) groups is 1. The van der Waals surface area contributed by atoms with Crippen LogP contribution in [0.2, 0.25) is 0 Å². The molecule has 4 N–H and O–H groups in total. The van der Waals surface area contributed by atoms with Gasteiger partial charge in [0.1, 0.15) is 6.04 Å². The Hall–Kier alpha value is -1.80. The molecule has 2 saturated heterocycles. The number of carbonyl (C=O) groups excluding carboxylic acids is 1. The lowest BCUT2D eigenvalue weighted by Crippen LogP contribution is -2.35. The third kappa shape index (κ3) is 3.34. The molecule has 2 fully saturated rings. The van der Waals surface area contributed by atoms with Crippen molar-refractivity contribution in [1.82, 2.24) is 20.2 Å². The van der Waals surface area contributed by atoms with Gasteiger partial charge in [0.15, 0.2) is 0 Å². The average Bonchev–Trinajstić information content (AvgIpc) is 3.06. The van der Waals surface area contributed by atoms with Gasteiger partial charge in [-0.15, -0.1) is 14.5 Å². The van der Waals surface area contributed by atoms with Gasteiger partial charge in [-0.25, -0.2) is 4.79 Å². The van der Waals surface area contributed by atoms with Gasteiger partial charge in [0.05, 0.1) is 18.6 Å². The molecule has 0 aliphatic carbocycles. The molecule has 2 aliphatic rings. The van der Waals surface area contributed by atoms with Gasteiger partial charge in [0.25, 0.3) is 0 Å². The fraction of sp³-hybridized carbons (Fsp3) is 0.727. The summed E-state index contributed by atoms with van der Waals surface area (Å²) in [5.41, 5.74) is 5.32. The molecule has 2 bridgehead atoms. The maximum absolute atomic E-state index is 12.3. The van der Waals surface area contributed by atoms with Gasteiger partial charge >= 0.3 is 16.4 Å². The molecule has 12 nitrogen and oxygen atoms in total. The van der Waals surface area contributed by atoms with Crippen molar-refractivity contribution in [2.24, 2.45) is 5.73 Å². The number of aromatic nitrogens is 2. The number of aliphatic hydroxyl groups excluding tert-OH is 1. The molecule has 3 heterocycles. The molecule has 0 saturated carbocycles. The molecule has 134 valence electrons. The van der Waals surface area contributed by atoms with E-state index in [9.17, 15) is 18.3 Å². The van der Waals surface area contributed by atoms with Crippen LogP contribution in [0.25, 0.3) is 0 Å². The van der Waals surface area contributed by atoms with Crippen LogP contribution in [0.1, 0.15) is 30.7 Å². The summed E-state index contributed by atoms with van der Waals surface area (Å²) in [6, 6.07) is -1.72. The Labute approximate surface area is 137 Å². The molecule has 0 aromatic carbocycles. The Morgan fingerprint density at radius 2 is 2.17 bits per heavy atom. The number of fused-ring (bicyclic) bond motifs is 2. The number of aliphatic hydroxyl groups is 1. The monoisotopic (exact) mass is 363 g/mol. The number of nitrogens with two attached hydrogens (primary N) is 1.